The van der Waals surface area contributed by atoms with Crippen LogP contribution in [0.2, 0.25) is 0 Å². The van der Waals surface area contributed by atoms with Crippen molar-refractivity contribution in [2.45, 2.75) is 13.0 Å². The monoisotopic (exact) mass is 168 g/mol. The van der Waals surface area contributed by atoms with Crippen molar-refractivity contribution in [1.82, 2.24) is 0 Å². The molecule has 6 nitrogen and oxygen atoms in total. The summed E-state index contributed by atoms with van der Waals surface area (Å²) in [5.41, 5.74) is 0. The summed E-state index contributed by atoms with van der Waals surface area (Å²) in [5, 5.41) is 8.11. The molecule has 60 valence electrons. The minimum atomic E-state index is -4.66. The Morgan fingerprint density at radius 3 is 2.00 bits per heavy atom. The van der Waals surface area contributed by atoms with Gasteiger partial charge in [0.1, 0.15) is 6.10 Å². The van der Waals surface area contributed by atoms with Crippen molar-refractivity contribution in [3.8, 4) is 0 Å². The second-order valence-corrected chi connectivity index (χ2v) is 3.06. The third-order valence-corrected chi connectivity index (χ3v) is 1.35. The first-order valence-electron chi connectivity index (χ1n) is 2.40. The van der Waals surface area contributed by atoms with Gasteiger partial charge in [-0.05, 0) is 6.92 Å². The van der Waals surface area contributed by atoms with E-state index in [4.69, 9.17) is 19.5 Å². The second-order valence-electron chi connectivity index (χ2n) is 1.67. The van der Waals surface area contributed by atoms with Crippen molar-refractivity contribution in [3.63, 3.8) is 0 Å². The Hall–Kier alpha value is -0.473. The van der Waals surface area contributed by atoms with E-state index in [0.29, 0.717) is 0 Å². The Morgan fingerprint density at radius 2 is 1.90 bits per heavy atom. The lowest BCUT2D eigenvalue weighted by molar-refractivity contribution is -0.147. The van der Waals surface area contributed by atoms with Crippen molar-refractivity contribution >= 4 is 15.0 Å². The fraction of sp³-hybridized carbons (Fsp3) is 0.667. The maximum atomic E-state index is 9.94. The number of carboxylic acid groups (broad SMARTS) is 1. The largest absolute Gasteiger partial charge is 0.672 e. The summed E-state index contributed by atoms with van der Waals surface area (Å²) in [4.78, 5) is 34.5. The van der Waals surface area contributed by atoms with Crippen molar-refractivity contribution in [1.29, 1.82) is 0 Å². The molecule has 0 aromatic carbocycles. The molecule has 0 aromatic rings. The van der Waals surface area contributed by atoms with E-state index >= 15 is 0 Å². The van der Waals surface area contributed by atoms with Crippen LogP contribution in [-0.4, -0.2) is 40.6 Å². The van der Waals surface area contributed by atoms with Crippen LogP contribution in [0.5, 0.6) is 0 Å². The molecule has 0 radical (unpaired) electrons. The zero-order valence-electron chi connectivity index (χ0n) is 5.18. The second kappa shape index (κ2) is 3.08. The van der Waals surface area contributed by atoms with Gasteiger partial charge in [-0.25, -0.2) is 4.79 Å². The van der Waals surface area contributed by atoms with Gasteiger partial charge in [-0.2, -0.15) is 0 Å². The van der Waals surface area contributed by atoms with Gasteiger partial charge in [-0.1, -0.05) is 0 Å². The van der Waals surface area contributed by atoms with E-state index in [9.17, 15) is 4.79 Å². The SMILES string of the molecule is CC(O[Si](O)(O)O)C(=O)O. The first-order chi connectivity index (χ1) is 4.33. The zero-order chi connectivity index (χ0) is 8.36. The van der Waals surface area contributed by atoms with E-state index in [1.165, 1.54) is 0 Å². The molecule has 0 saturated heterocycles. The van der Waals surface area contributed by atoms with Crippen LogP contribution in [0.15, 0.2) is 0 Å². The minimum absolute atomic E-state index is 1.08. The van der Waals surface area contributed by atoms with Gasteiger partial charge in [-0.15, -0.1) is 0 Å². The van der Waals surface area contributed by atoms with Crippen LogP contribution in [0.4, 0.5) is 0 Å². The van der Waals surface area contributed by atoms with Crippen LogP contribution in [-0.2, 0) is 9.22 Å². The van der Waals surface area contributed by atoms with Crippen molar-refractivity contribution < 1.29 is 28.7 Å². The van der Waals surface area contributed by atoms with E-state index in [-0.39, 0.29) is 0 Å². The molecular weight excluding hydrogens is 160 g/mol. The summed E-state index contributed by atoms with van der Waals surface area (Å²) in [6, 6.07) is 0. The molecule has 0 spiro atoms. The molecule has 1 atom stereocenters. The standard InChI is InChI=1S/C3H8O6Si/c1-2(3(4)5)9-10(6,7)8/h2,6-8H,1H3,(H,4,5). The Kier molecular flexibility index (Phi) is 2.93. The molecule has 0 aliphatic heterocycles. The van der Waals surface area contributed by atoms with Gasteiger partial charge >= 0.3 is 15.0 Å². The molecule has 1 unspecified atom stereocenters. The molecule has 0 rings (SSSR count). The van der Waals surface area contributed by atoms with Crippen LogP contribution in [0.3, 0.4) is 0 Å². The van der Waals surface area contributed by atoms with Crippen molar-refractivity contribution in [2.24, 2.45) is 0 Å². The number of carboxylic acids is 1. The molecule has 4 N–H and O–H groups in total. The molecule has 0 heterocycles. The van der Waals surface area contributed by atoms with E-state index in [2.05, 4.69) is 4.43 Å². The van der Waals surface area contributed by atoms with Crippen LogP contribution in [0, 0.1) is 0 Å². The van der Waals surface area contributed by atoms with Gasteiger partial charge in [0.15, 0.2) is 0 Å². The molecule has 0 fully saturated rings. The molecule has 0 amide bonds. The van der Waals surface area contributed by atoms with Crippen LogP contribution >= 0.6 is 0 Å². The highest BCUT2D eigenvalue weighted by Crippen LogP contribution is 1.96. The highest BCUT2D eigenvalue weighted by atomic mass is 28.4. The topological polar surface area (TPSA) is 107 Å². The number of hydrogen-bond acceptors (Lipinski definition) is 5. The Morgan fingerprint density at radius 1 is 1.50 bits per heavy atom. The lowest BCUT2D eigenvalue weighted by Gasteiger charge is -2.12. The summed E-state index contributed by atoms with van der Waals surface area (Å²) in [7, 11) is -4.66. The van der Waals surface area contributed by atoms with Crippen LogP contribution < -0.4 is 0 Å². The molecule has 0 aromatic heterocycles. The van der Waals surface area contributed by atoms with E-state index in [1.54, 1.807) is 0 Å². The summed E-state index contributed by atoms with van der Waals surface area (Å²) in [5.74, 6) is -1.37. The lowest BCUT2D eigenvalue weighted by Crippen LogP contribution is -2.44. The quantitative estimate of drug-likeness (QED) is 0.359. The molecule has 7 heteroatoms. The molecule has 0 aliphatic rings. The average Bonchev–Trinajstić information content (AvgIpc) is 1.60. The van der Waals surface area contributed by atoms with Gasteiger partial charge < -0.3 is 23.9 Å². The first kappa shape index (κ1) is 9.53. The summed E-state index contributed by atoms with van der Waals surface area (Å²) < 4.78 is 3.91. The summed E-state index contributed by atoms with van der Waals surface area (Å²) >= 11 is 0. The Balaban J connectivity index is 3.80. The van der Waals surface area contributed by atoms with Gasteiger partial charge in [0, 0.05) is 0 Å². The predicted molar refractivity (Wildman–Crippen MR) is 30.6 cm³/mol. The fourth-order valence-corrected chi connectivity index (χ4v) is 0.863. The normalized spacial score (nSPS) is 14.8. The number of hydrogen-bond donors (Lipinski definition) is 4. The highest BCUT2D eigenvalue weighted by Gasteiger charge is 2.35. The van der Waals surface area contributed by atoms with Gasteiger partial charge in [0.25, 0.3) is 0 Å². The first-order valence-corrected chi connectivity index (χ1v) is 4.15. The summed E-state index contributed by atoms with van der Waals surface area (Å²) in [6.07, 6.45) is -1.41. The zero-order valence-corrected chi connectivity index (χ0v) is 6.18. The lowest BCUT2D eigenvalue weighted by atomic mass is 10.4. The van der Waals surface area contributed by atoms with E-state index in [0.717, 1.165) is 6.92 Å². The van der Waals surface area contributed by atoms with Gasteiger partial charge in [-0.3, -0.25) is 0 Å². The smallest absolute Gasteiger partial charge is 0.479 e. The molecule has 0 saturated carbocycles. The maximum Gasteiger partial charge on any atom is 0.672 e. The van der Waals surface area contributed by atoms with Gasteiger partial charge in [0.2, 0.25) is 0 Å². The predicted octanol–water partition coefficient (Wildman–Crippen LogP) is -2.11. The minimum Gasteiger partial charge on any atom is -0.479 e. The number of carbonyl (C=O) groups is 1. The molecule has 0 bridgehead atoms. The summed E-state index contributed by atoms with van der Waals surface area (Å²) in [6.45, 7) is 1.08. The molecule has 0 aliphatic carbocycles. The van der Waals surface area contributed by atoms with Gasteiger partial charge in [0.05, 0.1) is 0 Å². The highest BCUT2D eigenvalue weighted by molar-refractivity contribution is 6.48. The Bertz CT molecular complexity index is 127. The van der Waals surface area contributed by atoms with Crippen LogP contribution in [0.25, 0.3) is 0 Å². The number of aliphatic carboxylic acids is 1. The van der Waals surface area contributed by atoms with Crippen molar-refractivity contribution in [2.75, 3.05) is 0 Å². The third-order valence-electron chi connectivity index (χ3n) is 0.683. The van der Waals surface area contributed by atoms with E-state index < -0.39 is 21.1 Å². The van der Waals surface area contributed by atoms with E-state index in [1.807, 2.05) is 0 Å². The molecular formula is C3H8O6Si. The maximum absolute atomic E-state index is 9.94. The fourth-order valence-electron chi connectivity index (χ4n) is 0.288. The van der Waals surface area contributed by atoms with Crippen LogP contribution in [0.1, 0.15) is 6.92 Å². The Labute approximate surface area is 57.8 Å². The number of rotatable bonds is 3. The average molecular weight is 168 g/mol. The third kappa shape index (κ3) is 4.41. The van der Waals surface area contributed by atoms with Crippen molar-refractivity contribution in [3.05, 3.63) is 0 Å². The molecule has 10 heavy (non-hydrogen) atoms.